The van der Waals surface area contributed by atoms with Gasteiger partial charge >= 0.3 is 11.7 Å². The van der Waals surface area contributed by atoms with Crippen molar-refractivity contribution in [3.8, 4) is 0 Å². The molecule has 1 N–H and O–H groups in total. The van der Waals surface area contributed by atoms with Crippen LogP contribution in [-0.4, -0.2) is 15.6 Å². The molecule has 0 aliphatic carbocycles. The number of halogens is 1. The van der Waals surface area contributed by atoms with Gasteiger partial charge in [-0.05, 0) is 6.07 Å². The van der Waals surface area contributed by atoms with Gasteiger partial charge in [0.05, 0.1) is 16.1 Å². The minimum atomic E-state index is -1.14. The number of benzene rings is 1. The van der Waals surface area contributed by atoms with Crippen LogP contribution in [0.3, 0.4) is 0 Å². The summed E-state index contributed by atoms with van der Waals surface area (Å²) in [6, 6.07) is 2.63. The Labute approximate surface area is 88.5 Å². The molecule has 0 unspecified atom stereocenters. The zero-order chi connectivity index (χ0) is 11.2. The molecular weight excluding hydrogens is 222 g/mol. The lowest BCUT2D eigenvalue weighted by atomic mass is 10.2. The third-order valence-electron chi connectivity index (χ3n) is 2.11. The second-order valence-electron chi connectivity index (χ2n) is 3.03. The standard InChI is InChI=1S/C9H6ClNO4/c1-11-6-2-4(8(12)13)5(10)3-7(6)15-9(11)14/h2-3H,1H3,(H,12,13). The van der Waals surface area contributed by atoms with Crippen molar-refractivity contribution in [2.75, 3.05) is 0 Å². The summed E-state index contributed by atoms with van der Waals surface area (Å²) < 4.78 is 6.06. The molecule has 1 aromatic heterocycles. The second kappa shape index (κ2) is 3.13. The molecule has 0 bridgehead atoms. The maximum absolute atomic E-state index is 11.1. The van der Waals surface area contributed by atoms with E-state index in [1.54, 1.807) is 0 Å². The fourth-order valence-electron chi connectivity index (χ4n) is 1.31. The van der Waals surface area contributed by atoms with Crippen LogP contribution in [-0.2, 0) is 7.05 Å². The molecule has 78 valence electrons. The monoisotopic (exact) mass is 227 g/mol. The van der Waals surface area contributed by atoms with E-state index in [0.29, 0.717) is 5.52 Å². The minimum Gasteiger partial charge on any atom is -0.478 e. The van der Waals surface area contributed by atoms with E-state index >= 15 is 0 Å². The summed E-state index contributed by atoms with van der Waals surface area (Å²) in [7, 11) is 1.49. The van der Waals surface area contributed by atoms with Crippen molar-refractivity contribution in [3.05, 3.63) is 33.3 Å². The van der Waals surface area contributed by atoms with E-state index in [0.717, 1.165) is 0 Å². The second-order valence-corrected chi connectivity index (χ2v) is 3.44. The molecule has 0 saturated carbocycles. The van der Waals surface area contributed by atoms with Crippen LogP contribution in [0.5, 0.6) is 0 Å². The van der Waals surface area contributed by atoms with Crippen molar-refractivity contribution in [2.24, 2.45) is 7.05 Å². The van der Waals surface area contributed by atoms with Gasteiger partial charge < -0.3 is 9.52 Å². The summed E-state index contributed by atoms with van der Waals surface area (Å²) in [4.78, 5) is 21.9. The Morgan fingerprint density at radius 2 is 2.20 bits per heavy atom. The van der Waals surface area contributed by atoms with E-state index in [4.69, 9.17) is 21.1 Å². The molecule has 0 atom stereocenters. The summed E-state index contributed by atoms with van der Waals surface area (Å²) in [5.41, 5.74) is 0.625. The van der Waals surface area contributed by atoms with Gasteiger partial charge in [0.2, 0.25) is 0 Å². The zero-order valence-corrected chi connectivity index (χ0v) is 8.41. The van der Waals surface area contributed by atoms with E-state index in [1.807, 2.05) is 0 Å². The number of rotatable bonds is 1. The number of carboxylic acids is 1. The molecule has 0 aliphatic heterocycles. The topological polar surface area (TPSA) is 72.4 Å². The Bertz CT molecular complexity index is 610. The van der Waals surface area contributed by atoms with Crippen molar-refractivity contribution in [1.29, 1.82) is 0 Å². The van der Waals surface area contributed by atoms with E-state index in [-0.39, 0.29) is 16.2 Å². The Hall–Kier alpha value is -1.75. The highest BCUT2D eigenvalue weighted by molar-refractivity contribution is 6.34. The van der Waals surface area contributed by atoms with Crippen molar-refractivity contribution < 1.29 is 14.3 Å². The van der Waals surface area contributed by atoms with Gasteiger partial charge in [-0.2, -0.15) is 0 Å². The number of aromatic carboxylic acids is 1. The quantitative estimate of drug-likeness (QED) is 0.801. The fraction of sp³-hybridized carbons (Fsp3) is 0.111. The van der Waals surface area contributed by atoms with Crippen molar-refractivity contribution in [3.63, 3.8) is 0 Å². The lowest BCUT2D eigenvalue weighted by Crippen LogP contribution is -2.08. The molecule has 0 radical (unpaired) electrons. The molecule has 0 saturated heterocycles. The number of aromatic nitrogens is 1. The zero-order valence-electron chi connectivity index (χ0n) is 7.65. The van der Waals surface area contributed by atoms with Gasteiger partial charge in [-0.15, -0.1) is 0 Å². The number of carboxylic acid groups (broad SMARTS) is 1. The highest BCUT2D eigenvalue weighted by Gasteiger charge is 2.14. The average Bonchev–Trinajstić information content (AvgIpc) is 2.41. The molecule has 0 aliphatic rings. The van der Waals surface area contributed by atoms with Crippen LogP contribution in [0.2, 0.25) is 5.02 Å². The lowest BCUT2D eigenvalue weighted by molar-refractivity contribution is 0.0697. The maximum atomic E-state index is 11.1. The highest BCUT2D eigenvalue weighted by Crippen LogP contribution is 2.23. The molecule has 1 aromatic carbocycles. The number of nitrogens with zero attached hydrogens (tertiary/aromatic N) is 1. The summed E-state index contributed by atoms with van der Waals surface area (Å²) in [6.07, 6.45) is 0. The Kier molecular flexibility index (Phi) is 2.04. The van der Waals surface area contributed by atoms with Crippen LogP contribution in [0.4, 0.5) is 0 Å². The molecule has 2 rings (SSSR count). The normalized spacial score (nSPS) is 10.8. The SMILES string of the molecule is Cn1c(=O)oc2cc(Cl)c(C(=O)O)cc21. The molecule has 0 amide bonds. The van der Waals surface area contributed by atoms with Crippen molar-refractivity contribution >= 4 is 28.7 Å². The van der Waals surface area contributed by atoms with E-state index in [9.17, 15) is 9.59 Å². The number of carbonyl (C=O) groups is 1. The first kappa shape index (κ1) is 9.79. The van der Waals surface area contributed by atoms with Crippen molar-refractivity contribution in [1.82, 2.24) is 4.57 Å². The Morgan fingerprint density at radius 3 is 2.80 bits per heavy atom. The maximum Gasteiger partial charge on any atom is 0.419 e. The third-order valence-corrected chi connectivity index (χ3v) is 2.42. The van der Waals surface area contributed by atoms with Gasteiger partial charge in [-0.1, -0.05) is 11.6 Å². The number of fused-ring (bicyclic) bond motifs is 1. The number of aryl methyl sites for hydroxylation is 1. The molecule has 2 aromatic rings. The molecular formula is C9H6ClNO4. The van der Waals surface area contributed by atoms with Gasteiger partial charge in [0.25, 0.3) is 0 Å². The lowest BCUT2D eigenvalue weighted by Gasteiger charge is -1.98. The van der Waals surface area contributed by atoms with E-state index in [1.165, 1.54) is 23.7 Å². The molecule has 15 heavy (non-hydrogen) atoms. The van der Waals surface area contributed by atoms with Crippen LogP contribution in [0.25, 0.3) is 11.1 Å². The Morgan fingerprint density at radius 1 is 1.53 bits per heavy atom. The molecule has 0 fully saturated rings. The molecule has 5 nitrogen and oxygen atoms in total. The number of hydrogen-bond donors (Lipinski definition) is 1. The highest BCUT2D eigenvalue weighted by atomic mass is 35.5. The fourth-order valence-corrected chi connectivity index (χ4v) is 1.55. The first-order chi connectivity index (χ1) is 7.00. The summed E-state index contributed by atoms with van der Waals surface area (Å²) in [6.45, 7) is 0. The third kappa shape index (κ3) is 1.41. The van der Waals surface area contributed by atoms with E-state index in [2.05, 4.69) is 0 Å². The van der Waals surface area contributed by atoms with E-state index < -0.39 is 11.7 Å². The van der Waals surface area contributed by atoms with Gasteiger partial charge in [0, 0.05) is 13.1 Å². The summed E-state index contributed by atoms with van der Waals surface area (Å²) in [5, 5.41) is 8.87. The van der Waals surface area contributed by atoms with Gasteiger partial charge in [-0.25, -0.2) is 9.59 Å². The first-order valence-electron chi connectivity index (χ1n) is 4.03. The minimum absolute atomic E-state index is 0.0457. The van der Waals surface area contributed by atoms with Gasteiger partial charge in [0.15, 0.2) is 5.58 Å². The predicted molar refractivity (Wildman–Crippen MR) is 53.4 cm³/mol. The van der Waals surface area contributed by atoms with Crippen molar-refractivity contribution in [2.45, 2.75) is 0 Å². The summed E-state index contributed by atoms with van der Waals surface area (Å²) in [5.74, 6) is -1.70. The van der Waals surface area contributed by atoms with Crippen LogP contribution >= 0.6 is 11.6 Å². The number of oxazole rings is 1. The van der Waals surface area contributed by atoms with Crippen LogP contribution in [0.1, 0.15) is 10.4 Å². The van der Waals surface area contributed by atoms with Crippen LogP contribution in [0.15, 0.2) is 21.3 Å². The van der Waals surface area contributed by atoms with Crippen LogP contribution in [0, 0.1) is 0 Å². The predicted octanol–water partition coefficient (Wildman–Crippen LogP) is 1.48. The molecule has 0 spiro atoms. The average molecular weight is 228 g/mol. The molecule has 1 heterocycles. The van der Waals surface area contributed by atoms with Gasteiger partial charge in [-0.3, -0.25) is 4.57 Å². The largest absolute Gasteiger partial charge is 0.478 e. The first-order valence-corrected chi connectivity index (χ1v) is 4.41. The smallest absolute Gasteiger partial charge is 0.419 e. The molecule has 6 heteroatoms. The summed E-state index contributed by atoms with van der Waals surface area (Å²) >= 11 is 5.71. The van der Waals surface area contributed by atoms with Crippen LogP contribution < -0.4 is 5.76 Å². The number of hydrogen-bond acceptors (Lipinski definition) is 3. The van der Waals surface area contributed by atoms with Gasteiger partial charge in [0.1, 0.15) is 0 Å². The Balaban J connectivity index is 2.89.